The molecule has 0 aromatic heterocycles. The minimum Gasteiger partial charge on any atom is -0.478 e. The van der Waals surface area contributed by atoms with Crippen molar-refractivity contribution in [2.24, 2.45) is 11.8 Å². The SMILES string of the molecule is O=C(O)c1cc(N2C(=O)[C@@H]3[C@H](C2=O)C2(Br)c4ccccc4C3(Br)c3ccccc32)ccc1Cl. The molecule has 3 aromatic carbocycles. The Bertz CT molecular complexity index is 1300. The van der Waals surface area contributed by atoms with E-state index in [1.54, 1.807) is 0 Å². The van der Waals surface area contributed by atoms with Crippen LogP contribution in [-0.2, 0) is 18.2 Å². The lowest BCUT2D eigenvalue weighted by molar-refractivity contribution is -0.122. The maximum Gasteiger partial charge on any atom is 0.337 e. The molecule has 0 spiro atoms. The van der Waals surface area contributed by atoms with Crippen molar-refractivity contribution in [2.45, 2.75) is 8.65 Å². The van der Waals surface area contributed by atoms with E-state index < -0.39 is 26.5 Å². The largest absolute Gasteiger partial charge is 0.478 e. The lowest BCUT2D eigenvalue weighted by Gasteiger charge is -2.55. The second-order valence-corrected chi connectivity index (χ2v) is 11.4. The number of imide groups is 1. The third-order valence-corrected chi connectivity index (χ3v) is 10.0. The van der Waals surface area contributed by atoms with Gasteiger partial charge in [0.05, 0.1) is 36.8 Å². The highest BCUT2D eigenvalue weighted by atomic mass is 79.9. The van der Waals surface area contributed by atoms with Crippen molar-refractivity contribution in [1.82, 2.24) is 0 Å². The molecule has 2 bridgehead atoms. The summed E-state index contributed by atoms with van der Waals surface area (Å²) in [5.41, 5.74) is 3.78. The van der Waals surface area contributed by atoms with Crippen LogP contribution in [0.3, 0.4) is 0 Å². The van der Waals surface area contributed by atoms with Crippen LogP contribution in [0.1, 0.15) is 32.6 Å². The molecule has 5 nitrogen and oxygen atoms in total. The lowest BCUT2D eigenvalue weighted by atomic mass is 9.54. The first-order chi connectivity index (χ1) is 15.7. The van der Waals surface area contributed by atoms with Gasteiger partial charge in [0.15, 0.2) is 0 Å². The smallest absolute Gasteiger partial charge is 0.337 e. The molecule has 0 radical (unpaired) electrons. The first-order valence-corrected chi connectivity index (χ1v) is 12.2. The standard InChI is InChI=1S/C25H14Br2ClNO4/c26-24-14-5-1-2-6-15(14)25(27,17-8-4-3-7-16(17)24)20-19(24)21(30)29(22(20)31)12-9-10-18(28)13(11-12)23(32)33/h1-11,19-20H,(H,32,33)/t19-,20+,24?,25?. The van der Waals surface area contributed by atoms with E-state index in [0.717, 1.165) is 27.2 Å². The first-order valence-electron chi connectivity index (χ1n) is 10.2. The molecular formula is C25H14Br2ClNO4. The Morgan fingerprint density at radius 2 is 1.24 bits per heavy atom. The molecule has 1 fully saturated rings. The molecule has 1 aliphatic heterocycles. The van der Waals surface area contributed by atoms with Gasteiger partial charge < -0.3 is 5.11 Å². The summed E-state index contributed by atoms with van der Waals surface area (Å²) in [6.45, 7) is 0. The van der Waals surface area contributed by atoms with E-state index in [4.69, 9.17) is 11.6 Å². The van der Waals surface area contributed by atoms with Crippen molar-refractivity contribution in [3.05, 3.63) is 99.6 Å². The molecule has 33 heavy (non-hydrogen) atoms. The first kappa shape index (κ1) is 21.1. The van der Waals surface area contributed by atoms with Crippen LogP contribution in [0.25, 0.3) is 0 Å². The Morgan fingerprint density at radius 1 is 0.818 bits per heavy atom. The summed E-state index contributed by atoms with van der Waals surface area (Å²) in [5, 5.41) is 9.53. The van der Waals surface area contributed by atoms with Gasteiger partial charge in [-0.1, -0.05) is 92.0 Å². The lowest BCUT2D eigenvalue weighted by Crippen LogP contribution is -2.56. The molecule has 1 heterocycles. The van der Waals surface area contributed by atoms with Crippen molar-refractivity contribution in [2.75, 3.05) is 4.90 Å². The molecule has 7 rings (SSSR count). The van der Waals surface area contributed by atoms with Gasteiger partial charge in [-0.3, -0.25) is 9.59 Å². The van der Waals surface area contributed by atoms with Gasteiger partial charge in [-0.2, -0.15) is 0 Å². The summed E-state index contributed by atoms with van der Waals surface area (Å²) in [5.74, 6) is -3.44. The quantitative estimate of drug-likeness (QED) is 0.320. The Labute approximate surface area is 210 Å². The number of halogens is 3. The van der Waals surface area contributed by atoms with Gasteiger partial charge in [-0.15, -0.1) is 0 Å². The Morgan fingerprint density at radius 3 is 1.64 bits per heavy atom. The number of hydrogen-bond donors (Lipinski definition) is 1. The number of nitrogens with zero attached hydrogens (tertiary/aromatic N) is 1. The number of benzene rings is 3. The number of anilines is 1. The molecule has 3 aromatic rings. The number of carboxylic acid groups (broad SMARTS) is 1. The topological polar surface area (TPSA) is 74.7 Å². The number of alkyl halides is 2. The number of carbonyl (C=O) groups excluding carboxylic acids is 2. The number of amides is 2. The molecule has 1 saturated heterocycles. The average Bonchev–Trinajstić information content (AvgIpc) is 3.09. The van der Waals surface area contributed by atoms with Crippen molar-refractivity contribution >= 4 is 66.9 Å². The molecule has 2 atom stereocenters. The van der Waals surface area contributed by atoms with Crippen LogP contribution < -0.4 is 4.90 Å². The normalized spacial score (nSPS) is 29.0. The van der Waals surface area contributed by atoms with Crippen LogP contribution in [0.2, 0.25) is 5.02 Å². The fourth-order valence-corrected chi connectivity index (χ4v) is 8.24. The second kappa shape index (κ2) is 6.78. The summed E-state index contributed by atoms with van der Waals surface area (Å²) >= 11 is 13.9. The van der Waals surface area contributed by atoms with Gasteiger partial charge in [-0.05, 0) is 40.5 Å². The van der Waals surface area contributed by atoms with Crippen molar-refractivity contribution < 1.29 is 19.5 Å². The van der Waals surface area contributed by atoms with E-state index in [9.17, 15) is 19.5 Å². The fourth-order valence-electron chi connectivity index (χ4n) is 5.74. The van der Waals surface area contributed by atoms with Crippen LogP contribution in [0, 0.1) is 11.8 Å². The van der Waals surface area contributed by atoms with Crippen LogP contribution >= 0.6 is 43.5 Å². The minimum absolute atomic E-state index is 0.0385. The molecule has 0 unspecified atom stereocenters. The molecule has 8 heteroatoms. The molecule has 164 valence electrons. The highest BCUT2D eigenvalue weighted by molar-refractivity contribution is 9.10. The number of carboxylic acids is 1. The van der Waals surface area contributed by atoms with Crippen LogP contribution in [0.5, 0.6) is 0 Å². The maximum absolute atomic E-state index is 13.9. The van der Waals surface area contributed by atoms with E-state index in [2.05, 4.69) is 31.9 Å². The van der Waals surface area contributed by atoms with Gasteiger partial charge >= 0.3 is 5.97 Å². The minimum atomic E-state index is -1.23. The third kappa shape index (κ3) is 2.40. The summed E-state index contributed by atoms with van der Waals surface area (Å²) in [6.07, 6.45) is 0. The van der Waals surface area contributed by atoms with Gasteiger partial charge in [0.1, 0.15) is 0 Å². The zero-order chi connectivity index (χ0) is 23.3. The highest BCUT2D eigenvalue weighted by Crippen LogP contribution is 2.70. The monoisotopic (exact) mass is 585 g/mol. The second-order valence-electron chi connectivity index (χ2n) is 8.45. The average molecular weight is 588 g/mol. The predicted octanol–water partition coefficient (Wildman–Crippen LogP) is 5.45. The van der Waals surface area contributed by atoms with Crippen LogP contribution in [0.15, 0.2) is 66.7 Å². The number of carbonyl (C=O) groups is 3. The molecular weight excluding hydrogens is 574 g/mol. The molecule has 1 N–H and O–H groups in total. The summed E-state index contributed by atoms with van der Waals surface area (Å²) in [6, 6.07) is 19.8. The van der Waals surface area contributed by atoms with Crippen molar-refractivity contribution in [1.29, 1.82) is 0 Å². The van der Waals surface area contributed by atoms with Gasteiger partial charge in [0.2, 0.25) is 11.8 Å². The van der Waals surface area contributed by atoms with E-state index >= 15 is 0 Å². The molecule has 3 aliphatic carbocycles. The zero-order valence-corrected chi connectivity index (χ0v) is 20.7. The molecule has 4 aliphatic rings. The van der Waals surface area contributed by atoms with Crippen LogP contribution in [-0.4, -0.2) is 22.9 Å². The molecule has 2 amide bonds. The zero-order valence-electron chi connectivity index (χ0n) is 16.8. The maximum atomic E-state index is 13.9. The van der Waals surface area contributed by atoms with Crippen LogP contribution in [0.4, 0.5) is 5.69 Å². The Balaban J connectivity index is 1.62. The summed E-state index contributed by atoms with van der Waals surface area (Å²) in [7, 11) is 0. The van der Waals surface area contributed by atoms with E-state index in [0.29, 0.717) is 0 Å². The fraction of sp³-hybridized carbons (Fsp3) is 0.160. The number of rotatable bonds is 2. The summed E-state index contributed by atoms with van der Waals surface area (Å²) in [4.78, 5) is 40.6. The van der Waals surface area contributed by atoms with Gasteiger partial charge in [-0.25, -0.2) is 9.69 Å². The molecule has 0 saturated carbocycles. The Hall–Kier alpha value is -2.48. The van der Waals surface area contributed by atoms with E-state index in [1.165, 1.54) is 18.2 Å². The number of hydrogen-bond acceptors (Lipinski definition) is 3. The Kier molecular flexibility index (Phi) is 4.33. The van der Waals surface area contributed by atoms with Gasteiger partial charge in [0, 0.05) is 0 Å². The van der Waals surface area contributed by atoms with E-state index in [1.807, 2.05) is 48.5 Å². The highest BCUT2D eigenvalue weighted by Gasteiger charge is 2.72. The third-order valence-electron chi connectivity index (χ3n) is 7.02. The predicted molar refractivity (Wildman–Crippen MR) is 130 cm³/mol. The van der Waals surface area contributed by atoms with Gasteiger partial charge in [0.25, 0.3) is 0 Å². The van der Waals surface area contributed by atoms with E-state index in [-0.39, 0.29) is 28.1 Å². The summed E-state index contributed by atoms with van der Waals surface area (Å²) < 4.78 is -1.80. The van der Waals surface area contributed by atoms with Crippen molar-refractivity contribution in [3.8, 4) is 0 Å². The van der Waals surface area contributed by atoms with Crippen molar-refractivity contribution in [3.63, 3.8) is 0 Å². The number of aromatic carboxylic acids is 1.